The van der Waals surface area contributed by atoms with Crippen LogP contribution < -0.4 is 10.6 Å². The van der Waals surface area contributed by atoms with E-state index in [-0.39, 0.29) is 10.6 Å². The van der Waals surface area contributed by atoms with Gasteiger partial charge < -0.3 is 10.6 Å². The van der Waals surface area contributed by atoms with Crippen molar-refractivity contribution in [3.63, 3.8) is 0 Å². The number of rotatable bonds is 6. The Balaban J connectivity index is 2.41. The number of nitro groups is 1. The average molecular weight is 289 g/mol. The minimum Gasteiger partial charge on any atom is -0.345 e. The van der Waals surface area contributed by atoms with E-state index in [2.05, 4.69) is 5.10 Å². The highest BCUT2D eigenvalue weighted by molar-refractivity contribution is 5.61. The van der Waals surface area contributed by atoms with Crippen molar-refractivity contribution in [2.75, 3.05) is 18.0 Å². The van der Waals surface area contributed by atoms with Crippen LogP contribution in [0.4, 0.5) is 11.5 Å². The third-order valence-electron chi connectivity index (χ3n) is 3.26. The maximum atomic E-state index is 11.3. The van der Waals surface area contributed by atoms with Crippen LogP contribution in [0.15, 0.2) is 30.3 Å². The molecule has 0 aliphatic heterocycles. The van der Waals surface area contributed by atoms with E-state index < -0.39 is 0 Å². The number of nitrogens with two attached hydrogens (primary N) is 1. The van der Waals surface area contributed by atoms with Crippen molar-refractivity contribution >= 4 is 11.5 Å². The Morgan fingerprint density at radius 1 is 1.38 bits per heavy atom. The molecular formula is C14H19N5O2. The van der Waals surface area contributed by atoms with Crippen molar-refractivity contribution in [3.05, 3.63) is 51.7 Å². The number of anilines is 1. The summed E-state index contributed by atoms with van der Waals surface area (Å²) < 4.78 is 1.55. The zero-order valence-electron chi connectivity index (χ0n) is 12.2. The van der Waals surface area contributed by atoms with E-state index in [0.29, 0.717) is 31.1 Å². The smallest absolute Gasteiger partial charge is 0.333 e. The first-order valence-electron chi connectivity index (χ1n) is 6.71. The summed E-state index contributed by atoms with van der Waals surface area (Å²) in [6, 6.07) is 9.79. The third kappa shape index (κ3) is 3.19. The lowest BCUT2D eigenvalue weighted by molar-refractivity contribution is -0.384. The van der Waals surface area contributed by atoms with Crippen molar-refractivity contribution in [1.29, 1.82) is 0 Å². The van der Waals surface area contributed by atoms with E-state index in [0.717, 1.165) is 5.56 Å². The first-order chi connectivity index (χ1) is 10.0. The summed E-state index contributed by atoms with van der Waals surface area (Å²) >= 11 is 0. The van der Waals surface area contributed by atoms with E-state index >= 15 is 0 Å². The zero-order chi connectivity index (χ0) is 15.4. The number of benzene rings is 1. The average Bonchev–Trinajstić information content (AvgIpc) is 2.74. The summed E-state index contributed by atoms with van der Waals surface area (Å²) in [7, 11) is 1.71. The molecule has 1 aromatic heterocycles. The van der Waals surface area contributed by atoms with Crippen molar-refractivity contribution < 1.29 is 4.92 Å². The molecule has 0 bridgehead atoms. The summed E-state index contributed by atoms with van der Waals surface area (Å²) in [5, 5.41) is 15.5. The van der Waals surface area contributed by atoms with E-state index in [9.17, 15) is 10.1 Å². The largest absolute Gasteiger partial charge is 0.345 e. The van der Waals surface area contributed by atoms with Gasteiger partial charge in [0.15, 0.2) is 0 Å². The molecule has 0 aliphatic carbocycles. The number of nitrogens with zero attached hydrogens (tertiary/aromatic N) is 4. The van der Waals surface area contributed by atoms with Gasteiger partial charge in [-0.3, -0.25) is 10.1 Å². The van der Waals surface area contributed by atoms with Crippen LogP contribution in [0.3, 0.4) is 0 Å². The van der Waals surface area contributed by atoms with Crippen LogP contribution >= 0.6 is 0 Å². The molecule has 0 radical (unpaired) electrons. The number of aryl methyl sites for hydroxylation is 2. The van der Waals surface area contributed by atoms with Gasteiger partial charge in [-0.15, -0.1) is 0 Å². The van der Waals surface area contributed by atoms with Gasteiger partial charge in [0.1, 0.15) is 5.69 Å². The molecule has 0 fully saturated rings. The molecule has 1 heterocycles. The van der Waals surface area contributed by atoms with Gasteiger partial charge in [0, 0.05) is 26.7 Å². The second-order valence-corrected chi connectivity index (χ2v) is 4.83. The Kier molecular flexibility index (Phi) is 4.54. The molecule has 1 aromatic carbocycles. The van der Waals surface area contributed by atoms with Crippen molar-refractivity contribution in [1.82, 2.24) is 9.78 Å². The Hall–Kier alpha value is -2.41. The van der Waals surface area contributed by atoms with Crippen LogP contribution in [0.2, 0.25) is 0 Å². The molecule has 112 valence electrons. The predicted molar refractivity (Wildman–Crippen MR) is 81.1 cm³/mol. The molecule has 0 saturated carbocycles. The van der Waals surface area contributed by atoms with Crippen molar-refractivity contribution in [2.45, 2.75) is 13.5 Å². The van der Waals surface area contributed by atoms with E-state index in [1.165, 1.54) is 0 Å². The van der Waals surface area contributed by atoms with Gasteiger partial charge in [0.25, 0.3) is 0 Å². The molecule has 0 saturated heterocycles. The molecular weight excluding hydrogens is 270 g/mol. The first-order valence-corrected chi connectivity index (χ1v) is 6.71. The van der Waals surface area contributed by atoms with Crippen LogP contribution in [-0.2, 0) is 13.6 Å². The summed E-state index contributed by atoms with van der Waals surface area (Å²) in [6.45, 7) is 3.13. The zero-order valence-corrected chi connectivity index (χ0v) is 12.2. The lowest BCUT2D eigenvalue weighted by Crippen LogP contribution is -2.31. The molecule has 0 atom stereocenters. The second-order valence-electron chi connectivity index (χ2n) is 4.83. The fourth-order valence-electron chi connectivity index (χ4n) is 2.42. The monoisotopic (exact) mass is 289 g/mol. The van der Waals surface area contributed by atoms with Gasteiger partial charge in [-0.1, -0.05) is 30.3 Å². The molecule has 2 aromatic rings. The van der Waals surface area contributed by atoms with Crippen LogP contribution in [0.5, 0.6) is 0 Å². The third-order valence-corrected chi connectivity index (χ3v) is 3.26. The predicted octanol–water partition coefficient (Wildman–Crippen LogP) is 1.60. The fourth-order valence-corrected chi connectivity index (χ4v) is 2.42. The van der Waals surface area contributed by atoms with Gasteiger partial charge in [0.2, 0.25) is 5.82 Å². The number of hydrogen-bond donors (Lipinski definition) is 1. The Morgan fingerprint density at radius 3 is 2.62 bits per heavy atom. The standard InChI is InChI=1S/C14H19N5O2/c1-11-13(19(20)21)14(17(2)16-11)18(9-8-15)10-12-6-4-3-5-7-12/h3-7H,8-10,15H2,1-2H3. The van der Waals surface area contributed by atoms with Crippen LogP contribution in [0.1, 0.15) is 11.3 Å². The van der Waals surface area contributed by atoms with E-state index in [1.807, 2.05) is 35.2 Å². The molecule has 7 nitrogen and oxygen atoms in total. The highest BCUT2D eigenvalue weighted by Crippen LogP contribution is 2.31. The van der Waals surface area contributed by atoms with Gasteiger partial charge in [-0.2, -0.15) is 5.10 Å². The first kappa shape index (κ1) is 15.0. The summed E-state index contributed by atoms with van der Waals surface area (Å²) in [6.07, 6.45) is 0. The molecule has 0 aliphatic rings. The topological polar surface area (TPSA) is 90.2 Å². The summed E-state index contributed by atoms with van der Waals surface area (Å²) in [5.74, 6) is 0.492. The van der Waals surface area contributed by atoms with Gasteiger partial charge in [-0.05, 0) is 12.5 Å². The van der Waals surface area contributed by atoms with Crippen molar-refractivity contribution in [3.8, 4) is 0 Å². The summed E-state index contributed by atoms with van der Waals surface area (Å²) in [5.41, 5.74) is 7.18. The van der Waals surface area contributed by atoms with Crippen LogP contribution in [0.25, 0.3) is 0 Å². The second kappa shape index (κ2) is 6.36. The Bertz CT molecular complexity index is 624. The molecule has 2 N–H and O–H groups in total. The van der Waals surface area contributed by atoms with Crippen LogP contribution in [0, 0.1) is 17.0 Å². The SMILES string of the molecule is Cc1nn(C)c(N(CCN)Cc2ccccc2)c1[N+](=O)[O-]. The minimum absolute atomic E-state index is 0.0434. The van der Waals surface area contributed by atoms with Gasteiger partial charge in [0.05, 0.1) is 4.92 Å². The number of hydrogen-bond acceptors (Lipinski definition) is 5. The Morgan fingerprint density at radius 2 is 2.05 bits per heavy atom. The summed E-state index contributed by atoms with van der Waals surface area (Å²) in [4.78, 5) is 12.8. The molecule has 21 heavy (non-hydrogen) atoms. The lowest BCUT2D eigenvalue weighted by atomic mass is 10.2. The van der Waals surface area contributed by atoms with Crippen molar-refractivity contribution in [2.24, 2.45) is 12.8 Å². The van der Waals surface area contributed by atoms with Crippen LogP contribution in [-0.4, -0.2) is 27.8 Å². The molecule has 2 rings (SSSR count). The number of aromatic nitrogens is 2. The maximum Gasteiger partial charge on any atom is 0.333 e. The highest BCUT2D eigenvalue weighted by atomic mass is 16.6. The lowest BCUT2D eigenvalue weighted by Gasteiger charge is -2.23. The maximum absolute atomic E-state index is 11.3. The molecule has 7 heteroatoms. The molecule has 0 unspecified atom stereocenters. The fraction of sp³-hybridized carbons (Fsp3) is 0.357. The minimum atomic E-state index is -0.383. The normalized spacial score (nSPS) is 10.6. The van der Waals surface area contributed by atoms with E-state index in [1.54, 1.807) is 18.7 Å². The highest BCUT2D eigenvalue weighted by Gasteiger charge is 2.28. The van der Waals surface area contributed by atoms with E-state index in [4.69, 9.17) is 5.73 Å². The quantitative estimate of drug-likeness (QED) is 0.644. The molecule has 0 amide bonds. The van der Waals surface area contributed by atoms with Gasteiger partial charge in [-0.25, -0.2) is 4.68 Å². The Labute approximate surface area is 123 Å². The molecule has 0 spiro atoms. The van der Waals surface area contributed by atoms with Gasteiger partial charge >= 0.3 is 5.69 Å².